The highest BCUT2D eigenvalue weighted by Crippen LogP contribution is 2.18. The molecule has 0 aliphatic carbocycles. The molecule has 1 aliphatic rings. The number of aromatic nitrogens is 2. The Kier molecular flexibility index (Phi) is 6.73. The number of hydrogen-bond acceptors (Lipinski definition) is 6. The summed E-state index contributed by atoms with van der Waals surface area (Å²) in [5.74, 6) is 0.986. The zero-order valence-electron chi connectivity index (χ0n) is 14.0. The minimum atomic E-state index is -0.205. The van der Waals surface area contributed by atoms with Crippen molar-refractivity contribution in [1.82, 2.24) is 15.3 Å². The summed E-state index contributed by atoms with van der Waals surface area (Å²) < 4.78 is 5.15. The minimum Gasteiger partial charge on any atom is -0.380 e. The van der Waals surface area contributed by atoms with Crippen LogP contribution in [-0.2, 0) is 16.0 Å². The Morgan fingerprint density at radius 1 is 1.48 bits per heavy atom. The number of carbonyl (C=O) groups is 1. The van der Waals surface area contributed by atoms with Gasteiger partial charge in [-0.15, -0.1) is 0 Å². The molecule has 1 amide bonds. The van der Waals surface area contributed by atoms with E-state index in [1.807, 2.05) is 6.07 Å². The smallest absolute Gasteiger partial charge is 0.222 e. The van der Waals surface area contributed by atoms with Crippen LogP contribution in [0.2, 0.25) is 0 Å². The van der Waals surface area contributed by atoms with Gasteiger partial charge in [0.05, 0.1) is 12.5 Å². The van der Waals surface area contributed by atoms with Crippen LogP contribution in [0.15, 0.2) is 12.4 Å². The molecule has 23 heavy (non-hydrogen) atoms. The van der Waals surface area contributed by atoms with Crippen molar-refractivity contribution in [2.24, 2.45) is 5.73 Å². The first-order valence-electron chi connectivity index (χ1n) is 8.24. The summed E-state index contributed by atoms with van der Waals surface area (Å²) in [6, 6.07) is 2.25. The van der Waals surface area contributed by atoms with Crippen molar-refractivity contribution >= 4 is 11.7 Å². The van der Waals surface area contributed by atoms with Crippen LogP contribution in [0.25, 0.3) is 0 Å². The first-order chi connectivity index (χ1) is 11.2. The Bertz CT molecular complexity index is 499. The second-order valence-corrected chi connectivity index (χ2v) is 5.85. The van der Waals surface area contributed by atoms with Crippen LogP contribution in [0.5, 0.6) is 0 Å². The van der Waals surface area contributed by atoms with Gasteiger partial charge in [-0.25, -0.2) is 9.97 Å². The van der Waals surface area contributed by atoms with E-state index < -0.39 is 0 Å². The van der Waals surface area contributed by atoms with E-state index in [-0.39, 0.29) is 18.1 Å². The van der Waals surface area contributed by atoms with Gasteiger partial charge in [0.25, 0.3) is 0 Å². The normalized spacial score (nSPS) is 17.1. The molecule has 0 spiro atoms. The summed E-state index contributed by atoms with van der Waals surface area (Å²) in [5, 5.41) is 3.08. The van der Waals surface area contributed by atoms with E-state index in [0.717, 1.165) is 43.9 Å². The van der Waals surface area contributed by atoms with Crippen molar-refractivity contribution in [2.45, 2.75) is 44.8 Å². The van der Waals surface area contributed by atoms with E-state index >= 15 is 0 Å². The third-order valence-electron chi connectivity index (χ3n) is 4.26. The molecule has 0 bridgehead atoms. The van der Waals surface area contributed by atoms with Crippen molar-refractivity contribution in [3.05, 3.63) is 18.1 Å². The van der Waals surface area contributed by atoms with Crippen LogP contribution in [0.1, 0.15) is 31.9 Å². The Balaban J connectivity index is 1.80. The van der Waals surface area contributed by atoms with Crippen molar-refractivity contribution in [2.75, 3.05) is 31.6 Å². The largest absolute Gasteiger partial charge is 0.380 e. The number of nitrogens with one attached hydrogen (secondary N) is 1. The summed E-state index contributed by atoms with van der Waals surface area (Å²) in [6.45, 7) is 4.21. The minimum absolute atomic E-state index is 0.0102. The molecule has 0 aromatic carbocycles. The topological polar surface area (TPSA) is 93.4 Å². The van der Waals surface area contributed by atoms with Gasteiger partial charge in [0, 0.05) is 44.5 Å². The molecule has 2 heterocycles. The van der Waals surface area contributed by atoms with Crippen LogP contribution in [-0.4, -0.2) is 54.8 Å². The molecular weight excluding hydrogens is 294 g/mol. The molecule has 1 saturated heterocycles. The Labute approximate surface area is 137 Å². The average molecular weight is 321 g/mol. The second-order valence-electron chi connectivity index (χ2n) is 5.85. The van der Waals surface area contributed by atoms with Crippen molar-refractivity contribution in [3.63, 3.8) is 0 Å². The van der Waals surface area contributed by atoms with Gasteiger partial charge in [-0.3, -0.25) is 4.79 Å². The van der Waals surface area contributed by atoms with Crippen molar-refractivity contribution < 1.29 is 9.53 Å². The highest BCUT2D eigenvalue weighted by Gasteiger charge is 2.22. The van der Waals surface area contributed by atoms with E-state index in [2.05, 4.69) is 27.1 Å². The number of methoxy groups -OCH3 is 1. The molecule has 1 fully saturated rings. The zero-order valence-corrected chi connectivity index (χ0v) is 14.0. The van der Waals surface area contributed by atoms with Gasteiger partial charge in [-0.2, -0.15) is 0 Å². The van der Waals surface area contributed by atoms with Crippen LogP contribution >= 0.6 is 0 Å². The number of piperidine rings is 1. The maximum absolute atomic E-state index is 12.0. The molecule has 1 aromatic heterocycles. The average Bonchev–Trinajstić information content (AvgIpc) is 2.60. The summed E-state index contributed by atoms with van der Waals surface area (Å²) in [5.41, 5.74) is 6.60. The Morgan fingerprint density at radius 2 is 2.22 bits per heavy atom. The van der Waals surface area contributed by atoms with E-state index in [1.165, 1.54) is 0 Å². The Hall–Kier alpha value is -1.73. The molecule has 7 nitrogen and oxygen atoms in total. The number of aryl methyl sites for hydroxylation is 1. The first-order valence-corrected chi connectivity index (χ1v) is 8.24. The van der Waals surface area contributed by atoms with Gasteiger partial charge in [0.15, 0.2) is 0 Å². The maximum atomic E-state index is 12.0. The number of nitrogens with two attached hydrogens (primary N) is 1. The van der Waals surface area contributed by atoms with Gasteiger partial charge in [0.1, 0.15) is 12.1 Å². The maximum Gasteiger partial charge on any atom is 0.222 e. The number of ether oxygens (including phenoxy) is 1. The lowest BCUT2D eigenvalue weighted by Gasteiger charge is -2.33. The summed E-state index contributed by atoms with van der Waals surface area (Å²) in [4.78, 5) is 22.8. The zero-order chi connectivity index (χ0) is 16.7. The van der Waals surface area contributed by atoms with E-state index in [1.54, 1.807) is 13.4 Å². The second kappa shape index (κ2) is 8.79. The molecule has 1 aliphatic heterocycles. The first kappa shape index (κ1) is 17.6. The van der Waals surface area contributed by atoms with Gasteiger partial charge in [-0.05, 0) is 19.3 Å². The summed E-state index contributed by atoms with van der Waals surface area (Å²) >= 11 is 0. The number of nitrogens with zero attached hydrogens (tertiary/aromatic N) is 3. The van der Waals surface area contributed by atoms with Crippen molar-refractivity contribution in [1.29, 1.82) is 0 Å². The van der Waals surface area contributed by atoms with Crippen LogP contribution < -0.4 is 16.0 Å². The lowest BCUT2D eigenvalue weighted by Crippen LogP contribution is -2.46. The van der Waals surface area contributed by atoms with Crippen molar-refractivity contribution in [3.8, 4) is 0 Å². The quantitative estimate of drug-likeness (QED) is 0.759. The lowest BCUT2D eigenvalue weighted by atomic mass is 10.0. The summed E-state index contributed by atoms with van der Waals surface area (Å²) in [6.07, 6.45) is 4.47. The molecule has 128 valence electrons. The van der Waals surface area contributed by atoms with E-state index in [4.69, 9.17) is 10.5 Å². The highest BCUT2D eigenvalue weighted by atomic mass is 16.5. The fraction of sp³-hybridized carbons (Fsp3) is 0.688. The molecular formula is C16H27N5O2. The molecule has 0 saturated carbocycles. The molecule has 1 aromatic rings. The molecule has 2 rings (SSSR count). The van der Waals surface area contributed by atoms with Crippen LogP contribution in [0, 0.1) is 0 Å². The monoisotopic (exact) mass is 321 g/mol. The SMILES string of the molecule is CCc1cc(N2CCC(NC(=O)CC(CN)OC)CC2)ncn1. The predicted octanol–water partition coefficient (Wildman–Crippen LogP) is 0.488. The fourth-order valence-electron chi connectivity index (χ4n) is 2.76. The molecule has 7 heteroatoms. The molecule has 1 unspecified atom stereocenters. The van der Waals surface area contributed by atoms with Crippen LogP contribution in [0.4, 0.5) is 5.82 Å². The number of carbonyl (C=O) groups excluding carboxylic acids is 1. The van der Waals surface area contributed by atoms with Gasteiger partial charge >= 0.3 is 0 Å². The van der Waals surface area contributed by atoms with Gasteiger partial charge < -0.3 is 20.7 Å². The molecule has 0 radical (unpaired) electrons. The third-order valence-corrected chi connectivity index (χ3v) is 4.26. The van der Waals surface area contributed by atoms with Crippen LogP contribution in [0.3, 0.4) is 0 Å². The Morgan fingerprint density at radius 3 is 2.83 bits per heavy atom. The molecule has 1 atom stereocenters. The standard InChI is InChI=1S/C16H27N5O2/c1-3-12-8-15(19-11-18-12)21-6-4-13(5-7-21)20-16(22)9-14(10-17)23-2/h8,11,13-14H,3-7,9-10,17H2,1-2H3,(H,20,22). The number of rotatable bonds is 7. The van der Waals surface area contributed by atoms with Gasteiger partial charge in [0.2, 0.25) is 5.91 Å². The summed E-state index contributed by atoms with van der Waals surface area (Å²) in [7, 11) is 1.58. The molecule has 3 N–H and O–H groups in total. The van der Waals surface area contributed by atoms with Gasteiger partial charge in [-0.1, -0.05) is 6.92 Å². The van der Waals surface area contributed by atoms with E-state index in [9.17, 15) is 4.79 Å². The van der Waals surface area contributed by atoms with E-state index in [0.29, 0.717) is 13.0 Å². The number of amides is 1. The predicted molar refractivity (Wildman–Crippen MR) is 89.3 cm³/mol. The number of anilines is 1. The fourth-order valence-corrected chi connectivity index (χ4v) is 2.76. The third kappa shape index (κ3) is 5.14. The lowest BCUT2D eigenvalue weighted by molar-refractivity contribution is -0.124. The highest BCUT2D eigenvalue weighted by molar-refractivity contribution is 5.76. The number of hydrogen-bond donors (Lipinski definition) is 2.